The normalized spacial score (nSPS) is 9.35. The zero-order chi connectivity index (χ0) is 14.0. The average molecular weight is 372 g/mol. The molecule has 0 amide bonds. The van der Waals surface area contributed by atoms with Crippen molar-refractivity contribution in [3.05, 3.63) is 35.9 Å². The van der Waals surface area contributed by atoms with E-state index in [0.717, 1.165) is 0 Å². The molecule has 0 heterocycles. The molecule has 0 unspecified atom stereocenters. The number of carbonyl (C=O) groups is 1. The number of hydrogen-bond acceptors (Lipinski definition) is 2. The fourth-order valence-corrected chi connectivity index (χ4v) is 1.98. The van der Waals surface area contributed by atoms with Crippen LogP contribution in [-0.2, 0) is 6.54 Å². The SMILES string of the molecule is CC[N+](CC)(CC)Cc1ccccc1.O=C([O-])O.[Br-].[K+]. The molecule has 1 aromatic rings. The van der Waals surface area contributed by atoms with Gasteiger partial charge in [-0.3, -0.25) is 0 Å². The molecule has 4 nitrogen and oxygen atoms in total. The molecule has 0 fully saturated rings. The number of quaternary nitrogens is 1. The maximum absolute atomic E-state index is 8.44. The summed E-state index contributed by atoms with van der Waals surface area (Å²) in [6.45, 7) is 11.7. The minimum absolute atomic E-state index is 0. The van der Waals surface area contributed by atoms with E-state index in [-0.39, 0.29) is 68.4 Å². The molecule has 110 valence electrons. The summed E-state index contributed by atoms with van der Waals surface area (Å²) < 4.78 is 1.20. The first-order valence-electron chi connectivity index (χ1n) is 6.28. The Morgan fingerprint density at radius 1 is 1.10 bits per heavy atom. The number of rotatable bonds is 5. The molecule has 0 aliphatic carbocycles. The fourth-order valence-electron chi connectivity index (χ4n) is 1.98. The molecule has 0 radical (unpaired) electrons. The molecule has 1 N–H and O–H groups in total. The minimum atomic E-state index is -2.08. The van der Waals surface area contributed by atoms with Crippen molar-refractivity contribution in [1.29, 1.82) is 0 Å². The molecule has 0 saturated heterocycles. The maximum atomic E-state index is 8.44. The smallest absolute Gasteiger partial charge is 1.00 e. The van der Waals surface area contributed by atoms with Crippen molar-refractivity contribution in [2.24, 2.45) is 0 Å². The quantitative estimate of drug-likeness (QED) is 0.423. The monoisotopic (exact) mass is 371 g/mol. The number of nitrogens with zero attached hydrogens (tertiary/aromatic N) is 1. The van der Waals surface area contributed by atoms with Crippen LogP contribution in [0.15, 0.2) is 30.3 Å². The van der Waals surface area contributed by atoms with Crippen LogP contribution >= 0.6 is 0 Å². The fraction of sp³-hybridized carbons (Fsp3) is 0.500. The van der Waals surface area contributed by atoms with Gasteiger partial charge in [-0.2, -0.15) is 0 Å². The Kier molecular flexibility index (Phi) is 18.5. The third-order valence-corrected chi connectivity index (χ3v) is 3.37. The molecule has 0 spiro atoms. The number of carboxylic acid groups (broad SMARTS) is 2. The van der Waals surface area contributed by atoms with Crippen LogP contribution in [0.4, 0.5) is 4.79 Å². The average Bonchev–Trinajstić information content (AvgIpc) is 2.37. The Morgan fingerprint density at radius 2 is 1.45 bits per heavy atom. The maximum Gasteiger partial charge on any atom is 1.00 e. The van der Waals surface area contributed by atoms with Gasteiger partial charge in [0.25, 0.3) is 0 Å². The van der Waals surface area contributed by atoms with Crippen molar-refractivity contribution in [1.82, 2.24) is 0 Å². The largest absolute Gasteiger partial charge is 1.00 e. The van der Waals surface area contributed by atoms with Gasteiger partial charge in [-0.05, 0) is 20.8 Å². The van der Waals surface area contributed by atoms with Crippen LogP contribution in [0.25, 0.3) is 0 Å². The van der Waals surface area contributed by atoms with E-state index in [4.69, 9.17) is 15.0 Å². The third kappa shape index (κ3) is 11.3. The molecule has 0 aliphatic heterocycles. The topological polar surface area (TPSA) is 60.4 Å². The number of hydrogen-bond donors (Lipinski definition) is 1. The van der Waals surface area contributed by atoms with Gasteiger partial charge in [0.1, 0.15) is 6.54 Å². The summed E-state index contributed by atoms with van der Waals surface area (Å²) in [6, 6.07) is 10.8. The Morgan fingerprint density at radius 3 is 1.75 bits per heavy atom. The molecule has 0 aromatic heterocycles. The predicted octanol–water partition coefficient (Wildman–Crippen LogP) is -4.04. The Labute approximate surface area is 175 Å². The van der Waals surface area contributed by atoms with E-state index >= 15 is 0 Å². The van der Waals surface area contributed by atoms with Crippen LogP contribution in [0.5, 0.6) is 0 Å². The third-order valence-electron chi connectivity index (χ3n) is 3.37. The van der Waals surface area contributed by atoms with E-state index in [0.29, 0.717) is 0 Å². The molecule has 6 heteroatoms. The summed E-state index contributed by atoms with van der Waals surface area (Å²) in [5.74, 6) is 0. The molecule has 0 bridgehead atoms. The van der Waals surface area contributed by atoms with Crippen molar-refractivity contribution < 1.29 is 87.9 Å². The van der Waals surface area contributed by atoms with E-state index in [1.807, 2.05) is 0 Å². The van der Waals surface area contributed by atoms with E-state index in [9.17, 15) is 0 Å². The van der Waals surface area contributed by atoms with Gasteiger partial charge >= 0.3 is 51.4 Å². The minimum Gasteiger partial charge on any atom is -1.00 e. The molecular weight excluding hydrogens is 349 g/mol. The van der Waals surface area contributed by atoms with Gasteiger partial charge in [-0.15, -0.1) is 0 Å². The van der Waals surface area contributed by atoms with Crippen LogP contribution in [0.3, 0.4) is 0 Å². The van der Waals surface area contributed by atoms with Gasteiger partial charge in [-0.1, -0.05) is 30.3 Å². The van der Waals surface area contributed by atoms with Gasteiger partial charge in [0.15, 0.2) is 0 Å². The second-order valence-corrected chi connectivity index (χ2v) is 4.20. The summed E-state index contributed by atoms with van der Waals surface area (Å²) in [4.78, 5) is 8.44. The van der Waals surface area contributed by atoms with E-state index < -0.39 is 6.16 Å². The predicted molar refractivity (Wildman–Crippen MR) is 70.1 cm³/mol. The van der Waals surface area contributed by atoms with Crippen LogP contribution < -0.4 is 73.5 Å². The van der Waals surface area contributed by atoms with Gasteiger partial charge in [0.2, 0.25) is 6.16 Å². The van der Waals surface area contributed by atoms with Crippen molar-refractivity contribution in [3.63, 3.8) is 0 Å². The molecule has 0 atom stereocenters. The Balaban J connectivity index is -0.000000429. The van der Waals surface area contributed by atoms with Gasteiger partial charge in [0, 0.05) is 5.56 Å². The second kappa shape index (κ2) is 14.5. The summed E-state index contributed by atoms with van der Waals surface area (Å²) >= 11 is 0. The molecular formula is C14H23BrKNO3. The summed E-state index contributed by atoms with van der Waals surface area (Å²) in [5, 5.41) is 15.3. The van der Waals surface area contributed by atoms with Crippen LogP contribution in [0.1, 0.15) is 26.3 Å². The van der Waals surface area contributed by atoms with E-state index in [1.54, 1.807) is 0 Å². The zero-order valence-corrected chi connectivity index (χ0v) is 17.5. The first-order valence-corrected chi connectivity index (χ1v) is 6.28. The van der Waals surface area contributed by atoms with Crippen molar-refractivity contribution >= 4 is 6.16 Å². The first kappa shape index (κ1) is 25.5. The first-order chi connectivity index (χ1) is 8.49. The van der Waals surface area contributed by atoms with Crippen LogP contribution in [-0.4, -0.2) is 35.4 Å². The molecule has 20 heavy (non-hydrogen) atoms. The molecule has 0 aliphatic rings. The number of benzene rings is 1. The van der Waals surface area contributed by atoms with Gasteiger partial charge in [0.05, 0.1) is 19.6 Å². The van der Waals surface area contributed by atoms with Crippen molar-refractivity contribution in [3.8, 4) is 0 Å². The van der Waals surface area contributed by atoms with Crippen molar-refractivity contribution in [2.75, 3.05) is 19.6 Å². The van der Waals surface area contributed by atoms with E-state index in [1.165, 1.54) is 36.2 Å². The Hall–Kier alpha value is 0.566. The number of halogens is 1. The Bertz CT molecular complexity index is 333. The van der Waals surface area contributed by atoms with Crippen LogP contribution in [0, 0.1) is 0 Å². The van der Waals surface area contributed by atoms with Gasteiger partial charge in [-0.25, -0.2) is 0 Å². The summed E-state index contributed by atoms with van der Waals surface area (Å²) in [7, 11) is 0. The van der Waals surface area contributed by atoms with E-state index in [2.05, 4.69) is 51.1 Å². The molecule has 1 aromatic carbocycles. The molecule has 0 saturated carbocycles. The standard InChI is InChI=1S/C13H22N.CH2O3.BrH.K/c1-4-14(5-2,6-3)12-13-10-8-7-9-11-13;2-1(3)4;;/h7-11H,4-6,12H2,1-3H3;(H2,2,3,4);1H;/q+1;;;+1/p-2. The zero-order valence-electron chi connectivity index (χ0n) is 12.8. The van der Waals surface area contributed by atoms with Crippen molar-refractivity contribution in [2.45, 2.75) is 27.3 Å². The van der Waals surface area contributed by atoms with Crippen LogP contribution in [0.2, 0.25) is 0 Å². The molecule has 1 rings (SSSR count). The van der Waals surface area contributed by atoms with Gasteiger partial charge < -0.3 is 36.5 Å². The second-order valence-electron chi connectivity index (χ2n) is 4.20. The summed E-state index contributed by atoms with van der Waals surface area (Å²) in [6.07, 6.45) is -2.08. The summed E-state index contributed by atoms with van der Waals surface area (Å²) in [5.41, 5.74) is 1.46.